The van der Waals surface area contributed by atoms with E-state index in [2.05, 4.69) is 0 Å². The molecule has 148 valence electrons. The highest BCUT2D eigenvalue weighted by molar-refractivity contribution is 5.26. The maximum absolute atomic E-state index is 10.1. The Kier molecular flexibility index (Phi) is 6.31. The molecule has 26 heavy (non-hydrogen) atoms. The number of aliphatic hydroxyl groups is 5. The van der Waals surface area contributed by atoms with Gasteiger partial charge in [0, 0.05) is 12.5 Å². The van der Waals surface area contributed by atoms with Crippen LogP contribution in [-0.2, 0) is 18.9 Å². The van der Waals surface area contributed by atoms with Gasteiger partial charge in [0.15, 0.2) is 6.29 Å². The minimum Gasteiger partial charge on any atom is -0.472 e. The highest BCUT2D eigenvalue weighted by Gasteiger charge is 2.49. The van der Waals surface area contributed by atoms with E-state index in [1.807, 2.05) is 19.1 Å². The van der Waals surface area contributed by atoms with Crippen molar-refractivity contribution in [2.45, 2.75) is 50.0 Å². The molecular weight excluding hydrogens is 348 g/mol. The fourth-order valence-corrected chi connectivity index (χ4v) is 3.71. The van der Waals surface area contributed by atoms with Crippen molar-refractivity contribution in [2.24, 2.45) is 11.8 Å². The van der Waals surface area contributed by atoms with Crippen LogP contribution in [0.2, 0.25) is 0 Å². The van der Waals surface area contributed by atoms with Gasteiger partial charge < -0.3 is 44.5 Å². The summed E-state index contributed by atoms with van der Waals surface area (Å²) < 4.78 is 22.3. The Morgan fingerprint density at radius 3 is 2.50 bits per heavy atom. The van der Waals surface area contributed by atoms with Crippen molar-refractivity contribution in [1.82, 2.24) is 0 Å². The molecule has 0 aromatic heterocycles. The Bertz CT molecular complexity index is 534. The van der Waals surface area contributed by atoms with E-state index in [0.29, 0.717) is 12.2 Å². The predicted octanol–water partition coefficient (Wildman–Crippen LogP) is -1.76. The van der Waals surface area contributed by atoms with Crippen LogP contribution in [0.15, 0.2) is 24.0 Å². The SMILES string of the molecule is CCOC1C=C(CO)C2C(OC3OC(CO)C(O)C(O)C3O)OC=CC12. The van der Waals surface area contributed by atoms with Crippen molar-refractivity contribution in [3.8, 4) is 0 Å². The summed E-state index contributed by atoms with van der Waals surface area (Å²) in [5.41, 5.74) is 0.687. The second-order valence-corrected chi connectivity index (χ2v) is 6.59. The first-order chi connectivity index (χ1) is 12.5. The Hall–Kier alpha value is -1.04. The van der Waals surface area contributed by atoms with E-state index in [0.717, 1.165) is 0 Å². The van der Waals surface area contributed by atoms with Crippen LogP contribution in [0, 0.1) is 11.8 Å². The number of ether oxygens (including phenoxy) is 4. The van der Waals surface area contributed by atoms with Gasteiger partial charge in [-0.2, -0.15) is 0 Å². The standard InChI is InChI=1S/C17H26O9/c1-2-23-10-5-8(6-18)12-9(10)3-4-24-16(12)26-17-15(22)14(21)13(20)11(7-19)25-17/h3-5,9-22H,2,6-7H2,1H3. The summed E-state index contributed by atoms with van der Waals surface area (Å²) in [4.78, 5) is 0. The second kappa shape index (κ2) is 8.32. The summed E-state index contributed by atoms with van der Waals surface area (Å²) >= 11 is 0. The molecule has 9 unspecified atom stereocenters. The average molecular weight is 374 g/mol. The molecule has 0 aromatic carbocycles. The largest absolute Gasteiger partial charge is 0.472 e. The maximum Gasteiger partial charge on any atom is 0.209 e. The molecule has 0 amide bonds. The molecule has 1 saturated heterocycles. The molecule has 9 heteroatoms. The van der Waals surface area contributed by atoms with Crippen molar-refractivity contribution in [3.63, 3.8) is 0 Å². The Morgan fingerprint density at radius 2 is 1.85 bits per heavy atom. The zero-order valence-electron chi connectivity index (χ0n) is 14.4. The van der Waals surface area contributed by atoms with Crippen LogP contribution in [0.1, 0.15) is 6.92 Å². The highest BCUT2D eigenvalue weighted by atomic mass is 16.8. The van der Waals surface area contributed by atoms with Gasteiger partial charge in [0.2, 0.25) is 6.29 Å². The lowest BCUT2D eigenvalue weighted by Gasteiger charge is -2.42. The van der Waals surface area contributed by atoms with Gasteiger partial charge in [-0.1, -0.05) is 6.08 Å². The van der Waals surface area contributed by atoms with Gasteiger partial charge in [-0.3, -0.25) is 0 Å². The number of aliphatic hydroxyl groups excluding tert-OH is 5. The number of fused-ring (bicyclic) bond motifs is 1. The van der Waals surface area contributed by atoms with Crippen molar-refractivity contribution in [3.05, 3.63) is 24.0 Å². The molecular formula is C17H26O9. The van der Waals surface area contributed by atoms with E-state index in [1.54, 1.807) is 0 Å². The van der Waals surface area contributed by atoms with Crippen molar-refractivity contribution >= 4 is 0 Å². The smallest absolute Gasteiger partial charge is 0.209 e. The van der Waals surface area contributed by atoms with Gasteiger partial charge in [-0.25, -0.2) is 0 Å². The molecule has 2 heterocycles. The van der Waals surface area contributed by atoms with Gasteiger partial charge in [-0.15, -0.1) is 0 Å². The van der Waals surface area contributed by atoms with E-state index in [9.17, 15) is 25.5 Å². The van der Waals surface area contributed by atoms with Gasteiger partial charge in [-0.05, 0) is 18.6 Å². The summed E-state index contributed by atoms with van der Waals surface area (Å²) in [5.74, 6) is -0.463. The summed E-state index contributed by atoms with van der Waals surface area (Å²) in [6, 6.07) is 0. The third-order valence-corrected chi connectivity index (χ3v) is 5.07. The average Bonchev–Trinajstić information content (AvgIpc) is 3.01. The fourth-order valence-electron chi connectivity index (χ4n) is 3.71. The molecule has 0 aromatic rings. The molecule has 1 fully saturated rings. The Morgan fingerprint density at radius 1 is 1.08 bits per heavy atom. The fraction of sp³-hybridized carbons (Fsp3) is 0.765. The van der Waals surface area contributed by atoms with Crippen LogP contribution in [0.25, 0.3) is 0 Å². The molecule has 0 spiro atoms. The van der Waals surface area contributed by atoms with Crippen molar-refractivity contribution in [2.75, 3.05) is 19.8 Å². The topological polar surface area (TPSA) is 138 Å². The number of hydrogen-bond donors (Lipinski definition) is 5. The van der Waals surface area contributed by atoms with E-state index < -0.39 is 43.6 Å². The first kappa shape index (κ1) is 19.7. The number of hydrogen-bond acceptors (Lipinski definition) is 9. The number of rotatable bonds is 6. The summed E-state index contributed by atoms with van der Waals surface area (Å²) in [5, 5.41) is 48.9. The lowest BCUT2D eigenvalue weighted by Crippen LogP contribution is -2.60. The molecule has 3 rings (SSSR count). The lowest BCUT2D eigenvalue weighted by atomic mass is 9.88. The van der Waals surface area contributed by atoms with Crippen molar-refractivity contribution in [1.29, 1.82) is 0 Å². The zero-order valence-corrected chi connectivity index (χ0v) is 14.4. The van der Waals surface area contributed by atoms with E-state index >= 15 is 0 Å². The molecule has 1 aliphatic carbocycles. The second-order valence-electron chi connectivity index (χ2n) is 6.59. The molecule has 5 N–H and O–H groups in total. The molecule has 0 saturated carbocycles. The zero-order chi connectivity index (χ0) is 18.8. The minimum absolute atomic E-state index is 0.110. The van der Waals surface area contributed by atoms with Gasteiger partial charge in [0.25, 0.3) is 0 Å². The normalized spacial score (nSPS) is 45.2. The van der Waals surface area contributed by atoms with Crippen LogP contribution < -0.4 is 0 Å². The van der Waals surface area contributed by atoms with E-state index in [-0.39, 0.29) is 24.5 Å². The highest BCUT2D eigenvalue weighted by Crippen LogP contribution is 2.42. The third-order valence-electron chi connectivity index (χ3n) is 5.07. The summed E-state index contributed by atoms with van der Waals surface area (Å²) in [6.45, 7) is 1.65. The Balaban J connectivity index is 1.75. The Labute approximate surface area is 151 Å². The van der Waals surface area contributed by atoms with Gasteiger partial charge >= 0.3 is 0 Å². The molecule has 9 nitrogen and oxygen atoms in total. The van der Waals surface area contributed by atoms with Crippen LogP contribution in [0.3, 0.4) is 0 Å². The summed E-state index contributed by atoms with van der Waals surface area (Å²) in [6.07, 6.45) is -2.89. The van der Waals surface area contributed by atoms with Gasteiger partial charge in [0.1, 0.15) is 24.4 Å². The first-order valence-corrected chi connectivity index (χ1v) is 8.73. The molecule has 2 aliphatic heterocycles. The maximum atomic E-state index is 10.1. The van der Waals surface area contributed by atoms with Crippen LogP contribution >= 0.6 is 0 Å². The molecule has 0 bridgehead atoms. The third kappa shape index (κ3) is 3.54. The van der Waals surface area contributed by atoms with Crippen LogP contribution in [-0.4, -0.2) is 88.5 Å². The van der Waals surface area contributed by atoms with Crippen molar-refractivity contribution < 1.29 is 44.5 Å². The van der Waals surface area contributed by atoms with E-state index in [4.69, 9.17) is 18.9 Å². The van der Waals surface area contributed by atoms with Gasteiger partial charge in [0.05, 0.1) is 31.5 Å². The lowest BCUT2D eigenvalue weighted by molar-refractivity contribution is -0.339. The molecule has 0 radical (unpaired) electrons. The monoisotopic (exact) mass is 374 g/mol. The minimum atomic E-state index is -1.53. The first-order valence-electron chi connectivity index (χ1n) is 8.73. The molecule has 3 aliphatic rings. The quantitative estimate of drug-likeness (QED) is 0.342. The summed E-state index contributed by atoms with van der Waals surface area (Å²) in [7, 11) is 0. The van der Waals surface area contributed by atoms with Crippen LogP contribution in [0.4, 0.5) is 0 Å². The van der Waals surface area contributed by atoms with Crippen LogP contribution in [0.5, 0.6) is 0 Å². The molecule has 9 atom stereocenters. The van der Waals surface area contributed by atoms with E-state index in [1.165, 1.54) is 6.26 Å². The predicted molar refractivity (Wildman–Crippen MR) is 86.4 cm³/mol.